The molecule has 3 aliphatic carbocycles. The lowest BCUT2D eigenvalue weighted by molar-refractivity contribution is -0.440. The number of aliphatic hydroxyl groups excluding tert-OH is 1. The number of hydrogen-bond donors (Lipinski definition) is 2. The predicted molar refractivity (Wildman–Crippen MR) is 171 cm³/mol. The van der Waals surface area contributed by atoms with Gasteiger partial charge in [0, 0.05) is 46.8 Å². The first-order valence-corrected chi connectivity index (χ1v) is 15.9. The van der Waals surface area contributed by atoms with Crippen LogP contribution in [0.25, 0.3) is 16.5 Å². The second-order valence-electron chi connectivity index (χ2n) is 12.9. The van der Waals surface area contributed by atoms with Gasteiger partial charge in [-0.3, -0.25) is 4.79 Å². The zero-order valence-corrected chi connectivity index (χ0v) is 24.6. The number of aliphatic hydroxyl groups is 1. The van der Waals surface area contributed by atoms with E-state index in [0.717, 1.165) is 60.3 Å². The van der Waals surface area contributed by atoms with E-state index >= 15 is 0 Å². The number of fused-ring (bicyclic) bond motifs is 2. The Morgan fingerprint density at radius 2 is 1.76 bits per heavy atom. The number of carbonyl (C=O) groups excluding carboxylic acids is 1. The molecule has 214 valence electrons. The van der Waals surface area contributed by atoms with Crippen molar-refractivity contribution in [1.82, 2.24) is 4.98 Å². The maximum Gasteiger partial charge on any atom is 0.209 e. The first-order chi connectivity index (χ1) is 20.5. The van der Waals surface area contributed by atoms with E-state index in [-0.39, 0.29) is 17.0 Å². The van der Waals surface area contributed by atoms with Crippen molar-refractivity contribution < 1.29 is 14.5 Å². The molecule has 0 bridgehead atoms. The maximum absolute atomic E-state index is 13.7. The number of H-pyrrole nitrogens is 1. The molecule has 42 heavy (non-hydrogen) atoms. The summed E-state index contributed by atoms with van der Waals surface area (Å²) in [7, 11) is 0. The van der Waals surface area contributed by atoms with Crippen LogP contribution in [-0.4, -0.2) is 32.7 Å². The molecule has 0 saturated heterocycles. The summed E-state index contributed by atoms with van der Waals surface area (Å²) in [6.07, 6.45) is 23.8. The van der Waals surface area contributed by atoms with Gasteiger partial charge in [0.15, 0.2) is 5.71 Å². The van der Waals surface area contributed by atoms with Crippen molar-refractivity contribution in [2.45, 2.75) is 70.1 Å². The van der Waals surface area contributed by atoms with Crippen LogP contribution in [-0.2, 0) is 10.2 Å². The van der Waals surface area contributed by atoms with Crippen LogP contribution in [0, 0.1) is 11.8 Å². The maximum atomic E-state index is 13.7. The van der Waals surface area contributed by atoms with E-state index in [1.807, 2.05) is 36.5 Å². The predicted octanol–water partition coefficient (Wildman–Crippen LogP) is 8.89. The Bertz CT molecular complexity index is 1680. The van der Waals surface area contributed by atoms with Gasteiger partial charge in [0.1, 0.15) is 12.3 Å². The number of benzene rings is 2. The summed E-state index contributed by atoms with van der Waals surface area (Å²) in [5, 5.41) is 12.3. The van der Waals surface area contributed by atoms with Crippen LogP contribution in [0.15, 0.2) is 96.4 Å². The molecule has 7 rings (SSSR count). The molecule has 1 saturated carbocycles. The number of hydrogen-bond acceptors (Lipinski definition) is 2. The number of allylic oxidation sites excluding steroid dienone is 7. The van der Waals surface area contributed by atoms with E-state index in [4.69, 9.17) is 0 Å². The number of nitrogens with one attached hydrogen (secondary N) is 1. The van der Waals surface area contributed by atoms with Gasteiger partial charge in [-0.2, -0.15) is 4.58 Å². The molecule has 0 amide bonds. The lowest BCUT2D eigenvalue weighted by atomic mass is 9.73. The molecule has 4 heteroatoms. The Kier molecular flexibility index (Phi) is 7.09. The monoisotopic (exact) mass is 557 g/mol. The second-order valence-corrected chi connectivity index (χ2v) is 12.9. The molecular formula is C38H41N2O2+. The highest BCUT2D eigenvalue weighted by Gasteiger charge is 2.49. The van der Waals surface area contributed by atoms with E-state index in [0.29, 0.717) is 17.1 Å². The van der Waals surface area contributed by atoms with Crippen LogP contribution < -0.4 is 0 Å². The SMILES string of the molecule is CC1(CCCC2C=CC=C2)C(/C=C2\C(=O)C(c3c[nH]c4ccccc34)=C2O)=[N+](CCC2CCCCC2)c2ccccc21. The molecule has 4 nitrogen and oxygen atoms in total. The van der Waals surface area contributed by atoms with Crippen LogP contribution in [0.3, 0.4) is 0 Å². The highest BCUT2D eigenvalue weighted by Crippen LogP contribution is 2.46. The lowest BCUT2D eigenvalue weighted by Gasteiger charge is -2.26. The summed E-state index contributed by atoms with van der Waals surface area (Å²) in [6.45, 7) is 3.29. The number of rotatable bonds is 9. The van der Waals surface area contributed by atoms with Gasteiger partial charge >= 0.3 is 0 Å². The van der Waals surface area contributed by atoms with Crippen LogP contribution >= 0.6 is 0 Å². The van der Waals surface area contributed by atoms with Crippen LogP contribution in [0.5, 0.6) is 0 Å². The quantitative estimate of drug-likeness (QED) is 0.204. The van der Waals surface area contributed by atoms with Gasteiger partial charge < -0.3 is 10.1 Å². The summed E-state index contributed by atoms with van der Waals surface area (Å²) in [5.41, 5.74) is 6.12. The topological polar surface area (TPSA) is 56.1 Å². The Morgan fingerprint density at radius 1 is 1.00 bits per heavy atom. The number of para-hydroxylation sites is 2. The molecule has 0 spiro atoms. The lowest BCUT2D eigenvalue weighted by Crippen LogP contribution is -2.34. The minimum Gasteiger partial charge on any atom is -0.506 e. The van der Waals surface area contributed by atoms with Crippen molar-refractivity contribution in [3.8, 4) is 0 Å². The summed E-state index contributed by atoms with van der Waals surface area (Å²) >= 11 is 0. The molecule has 1 aromatic heterocycles. The van der Waals surface area contributed by atoms with Gasteiger partial charge in [0.05, 0.1) is 16.6 Å². The molecule has 1 fully saturated rings. The molecule has 1 aliphatic heterocycles. The summed E-state index contributed by atoms with van der Waals surface area (Å²) in [5.74, 6) is 1.31. The highest BCUT2D eigenvalue weighted by atomic mass is 16.3. The fraction of sp³-hybridized carbons (Fsp3) is 0.368. The standard InChI is InChI=1S/C38H40N2O2/c1-38(22-11-16-26-14-5-6-15-26)31-18-8-10-20-33(31)40(23-21-27-12-3-2-4-13-27)34(38)24-29-36(41)35(37(29)42)30-25-39-32-19-9-7-17-28(30)32/h5-10,14-15,17-20,24-27H,2-4,11-13,16,21-23H2,1H3,(H,41,42)/p+1. The number of Topliss-reactive ketones (excluding diaryl/α,β-unsaturated/α-hetero) is 1. The van der Waals surface area contributed by atoms with Gasteiger partial charge in [-0.25, -0.2) is 0 Å². The van der Waals surface area contributed by atoms with Crippen molar-refractivity contribution >= 4 is 33.7 Å². The molecule has 2 aromatic carbocycles. The Hall–Kier alpha value is -3.92. The third-order valence-corrected chi connectivity index (χ3v) is 10.3. The van der Waals surface area contributed by atoms with E-state index < -0.39 is 0 Å². The second kappa shape index (κ2) is 11.1. The largest absolute Gasteiger partial charge is 0.506 e. The number of aromatic nitrogens is 1. The van der Waals surface area contributed by atoms with Crippen LogP contribution in [0.1, 0.15) is 75.8 Å². The van der Waals surface area contributed by atoms with E-state index in [9.17, 15) is 9.90 Å². The third-order valence-electron chi connectivity index (χ3n) is 10.3. The molecule has 2 N–H and O–H groups in total. The Labute approximate surface area is 248 Å². The van der Waals surface area contributed by atoms with Crippen LogP contribution in [0.2, 0.25) is 0 Å². The molecule has 4 aliphatic rings. The van der Waals surface area contributed by atoms with Crippen molar-refractivity contribution in [3.05, 3.63) is 108 Å². The number of aromatic amines is 1. The van der Waals surface area contributed by atoms with Crippen molar-refractivity contribution in [2.24, 2.45) is 11.8 Å². The fourth-order valence-electron chi connectivity index (χ4n) is 7.85. The molecule has 0 radical (unpaired) electrons. The first kappa shape index (κ1) is 26.9. The molecule has 1 atom stereocenters. The highest BCUT2D eigenvalue weighted by molar-refractivity contribution is 6.41. The van der Waals surface area contributed by atoms with Gasteiger partial charge in [-0.05, 0) is 37.7 Å². The summed E-state index contributed by atoms with van der Waals surface area (Å²) in [6, 6.07) is 16.7. The zero-order valence-electron chi connectivity index (χ0n) is 24.6. The number of carbonyl (C=O) groups is 1. The van der Waals surface area contributed by atoms with Gasteiger partial charge in [0.25, 0.3) is 0 Å². The molecule has 2 heterocycles. The summed E-state index contributed by atoms with van der Waals surface area (Å²) in [4.78, 5) is 17.0. The van der Waals surface area contributed by atoms with Gasteiger partial charge in [-0.1, -0.05) is 99.2 Å². The van der Waals surface area contributed by atoms with E-state index in [1.54, 1.807) is 0 Å². The average molecular weight is 558 g/mol. The van der Waals surface area contributed by atoms with E-state index in [1.165, 1.54) is 43.4 Å². The fourth-order valence-corrected chi connectivity index (χ4v) is 7.85. The smallest absolute Gasteiger partial charge is 0.209 e. The Balaban J connectivity index is 1.28. The minimum atomic E-state index is -0.237. The average Bonchev–Trinajstić information content (AvgIpc) is 3.74. The molecular weight excluding hydrogens is 516 g/mol. The molecule has 3 aromatic rings. The first-order valence-electron chi connectivity index (χ1n) is 15.9. The zero-order chi connectivity index (χ0) is 28.7. The van der Waals surface area contributed by atoms with Gasteiger partial charge in [0.2, 0.25) is 11.5 Å². The van der Waals surface area contributed by atoms with Crippen LogP contribution in [0.4, 0.5) is 5.69 Å². The van der Waals surface area contributed by atoms with Crippen molar-refractivity contribution in [2.75, 3.05) is 6.54 Å². The Morgan fingerprint density at radius 3 is 2.57 bits per heavy atom. The van der Waals surface area contributed by atoms with Crippen molar-refractivity contribution in [3.63, 3.8) is 0 Å². The minimum absolute atomic E-state index is 0.0727. The van der Waals surface area contributed by atoms with E-state index in [2.05, 4.69) is 65.1 Å². The number of nitrogens with zero attached hydrogens (tertiary/aromatic N) is 1. The normalized spacial score (nSPS) is 23.5. The summed E-state index contributed by atoms with van der Waals surface area (Å²) < 4.78 is 2.48. The third kappa shape index (κ3) is 4.62. The van der Waals surface area contributed by atoms with Crippen molar-refractivity contribution in [1.29, 1.82) is 0 Å². The molecule has 1 unspecified atom stereocenters. The van der Waals surface area contributed by atoms with Gasteiger partial charge in [-0.15, -0.1) is 0 Å². The number of ketones is 1.